The Morgan fingerprint density at radius 3 is 2.60 bits per heavy atom. The third-order valence-electron chi connectivity index (χ3n) is 4.45. The lowest BCUT2D eigenvalue weighted by Gasteiger charge is -2.37. The van der Waals surface area contributed by atoms with E-state index >= 15 is 0 Å². The molecule has 0 bridgehead atoms. The van der Waals surface area contributed by atoms with Crippen molar-refractivity contribution in [1.29, 1.82) is 0 Å². The van der Waals surface area contributed by atoms with Gasteiger partial charge in [0.2, 0.25) is 0 Å². The molecule has 1 saturated heterocycles. The molecule has 3 heteroatoms. The monoisotopic (exact) mass is 271 g/mol. The number of aromatic nitrogens is 1. The zero-order valence-electron chi connectivity index (χ0n) is 12.7. The van der Waals surface area contributed by atoms with Crippen LogP contribution in [-0.4, -0.2) is 36.1 Å². The number of aryl methyl sites for hydroxylation is 1. The second-order valence-electron chi connectivity index (χ2n) is 6.22. The first kappa shape index (κ1) is 13.7. The molecule has 3 nitrogen and oxygen atoms in total. The predicted molar refractivity (Wildman–Crippen MR) is 85.1 cm³/mol. The number of nitrogens with zero attached hydrogens (tertiary/aromatic N) is 1. The van der Waals surface area contributed by atoms with Crippen LogP contribution < -0.4 is 5.32 Å². The zero-order valence-corrected chi connectivity index (χ0v) is 12.7. The van der Waals surface area contributed by atoms with E-state index in [1.807, 2.05) is 0 Å². The van der Waals surface area contributed by atoms with E-state index in [1.165, 1.54) is 22.0 Å². The summed E-state index contributed by atoms with van der Waals surface area (Å²) in [4.78, 5) is 6.12. The van der Waals surface area contributed by atoms with Crippen molar-refractivity contribution in [2.75, 3.05) is 26.2 Å². The Hall–Kier alpha value is -1.32. The van der Waals surface area contributed by atoms with Gasteiger partial charge < -0.3 is 10.3 Å². The maximum Gasteiger partial charge on any atom is 0.0487 e. The van der Waals surface area contributed by atoms with Gasteiger partial charge in [-0.25, -0.2) is 0 Å². The van der Waals surface area contributed by atoms with Crippen LogP contribution in [-0.2, 0) is 0 Å². The van der Waals surface area contributed by atoms with Gasteiger partial charge in [-0.15, -0.1) is 0 Å². The highest BCUT2D eigenvalue weighted by molar-refractivity contribution is 5.86. The van der Waals surface area contributed by atoms with Gasteiger partial charge in [-0.05, 0) is 24.0 Å². The molecule has 2 aromatic rings. The molecule has 1 fully saturated rings. The molecule has 1 aliphatic heterocycles. The fourth-order valence-electron chi connectivity index (χ4n) is 3.51. The average molecular weight is 271 g/mol. The summed E-state index contributed by atoms with van der Waals surface area (Å²) < 4.78 is 0. The smallest absolute Gasteiger partial charge is 0.0487 e. The molecule has 1 unspecified atom stereocenters. The van der Waals surface area contributed by atoms with Gasteiger partial charge in [-0.3, -0.25) is 4.90 Å². The van der Waals surface area contributed by atoms with E-state index < -0.39 is 0 Å². The van der Waals surface area contributed by atoms with Crippen LogP contribution in [0, 0.1) is 12.8 Å². The van der Waals surface area contributed by atoms with Gasteiger partial charge in [0.15, 0.2) is 0 Å². The number of piperazine rings is 1. The van der Waals surface area contributed by atoms with Gasteiger partial charge in [0, 0.05) is 49.3 Å². The van der Waals surface area contributed by atoms with E-state index in [9.17, 15) is 0 Å². The molecule has 1 atom stereocenters. The number of nitrogens with one attached hydrogen (secondary N) is 2. The standard InChI is InChI=1S/C17H25N3/c1-12(2)17(20-9-7-18-8-10-20)15-11-19-16-13(3)5-4-6-14(15)16/h4-6,11-12,17-19H,7-10H2,1-3H3. The van der Waals surface area contributed by atoms with E-state index in [0.29, 0.717) is 12.0 Å². The molecule has 0 radical (unpaired) electrons. The second kappa shape index (κ2) is 5.58. The summed E-state index contributed by atoms with van der Waals surface area (Å²) in [6.45, 7) is 11.3. The Morgan fingerprint density at radius 1 is 1.15 bits per heavy atom. The quantitative estimate of drug-likeness (QED) is 0.899. The van der Waals surface area contributed by atoms with Gasteiger partial charge in [0.05, 0.1) is 0 Å². The fraction of sp³-hybridized carbons (Fsp3) is 0.529. The molecule has 2 N–H and O–H groups in total. The van der Waals surface area contributed by atoms with Crippen LogP contribution in [0.3, 0.4) is 0 Å². The molecular formula is C17H25N3. The van der Waals surface area contributed by atoms with Gasteiger partial charge in [-0.2, -0.15) is 0 Å². The van der Waals surface area contributed by atoms with Gasteiger partial charge in [0.1, 0.15) is 0 Å². The predicted octanol–water partition coefficient (Wildman–Crippen LogP) is 3.08. The summed E-state index contributed by atoms with van der Waals surface area (Å²) in [6.07, 6.45) is 2.23. The number of H-pyrrole nitrogens is 1. The number of benzene rings is 1. The third-order valence-corrected chi connectivity index (χ3v) is 4.45. The molecule has 0 aliphatic carbocycles. The topological polar surface area (TPSA) is 31.1 Å². The minimum Gasteiger partial charge on any atom is -0.361 e. The third kappa shape index (κ3) is 2.36. The molecule has 1 aromatic heterocycles. The maximum absolute atomic E-state index is 3.49. The van der Waals surface area contributed by atoms with Crippen LogP contribution in [0.25, 0.3) is 10.9 Å². The van der Waals surface area contributed by atoms with E-state index in [4.69, 9.17) is 0 Å². The number of hydrogen-bond donors (Lipinski definition) is 2. The first-order valence-electron chi connectivity index (χ1n) is 7.70. The molecular weight excluding hydrogens is 246 g/mol. The second-order valence-corrected chi connectivity index (χ2v) is 6.22. The van der Waals surface area contributed by atoms with Gasteiger partial charge >= 0.3 is 0 Å². The maximum atomic E-state index is 3.49. The molecule has 1 aromatic carbocycles. The highest BCUT2D eigenvalue weighted by Crippen LogP contribution is 2.34. The summed E-state index contributed by atoms with van der Waals surface area (Å²) in [7, 11) is 0. The van der Waals surface area contributed by atoms with Gasteiger partial charge in [0.25, 0.3) is 0 Å². The van der Waals surface area contributed by atoms with E-state index in [1.54, 1.807) is 0 Å². The highest BCUT2D eigenvalue weighted by atomic mass is 15.2. The lowest BCUT2D eigenvalue weighted by atomic mass is 9.93. The zero-order chi connectivity index (χ0) is 14.1. The molecule has 0 spiro atoms. The molecule has 20 heavy (non-hydrogen) atoms. The molecule has 108 valence electrons. The van der Waals surface area contributed by atoms with Crippen molar-refractivity contribution in [2.24, 2.45) is 5.92 Å². The summed E-state index contributed by atoms with van der Waals surface area (Å²) in [5.74, 6) is 0.618. The number of aromatic amines is 1. The van der Waals surface area contributed by atoms with Crippen molar-refractivity contribution in [3.63, 3.8) is 0 Å². The SMILES string of the molecule is Cc1cccc2c(C(C(C)C)N3CCNCC3)c[nH]c12. The fourth-order valence-corrected chi connectivity index (χ4v) is 3.51. The first-order valence-corrected chi connectivity index (χ1v) is 7.70. The highest BCUT2D eigenvalue weighted by Gasteiger charge is 2.27. The van der Waals surface area contributed by atoms with Crippen molar-refractivity contribution < 1.29 is 0 Å². The Bertz CT molecular complexity index is 579. The summed E-state index contributed by atoms with van der Waals surface area (Å²) in [5.41, 5.74) is 4.08. The van der Waals surface area contributed by atoms with Crippen molar-refractivity contribution in [1.82, 2.24) is 15.2 Å². The Balaban J connectivity index is 2.03. The van der Waals surface area contributed by atoms with Crippen LogP contribution in [0.5, 0.6) is 0 Å². The van der Waals surface area contributed by atoms with Crippen LogP contribution in [0.15, 0.2) is 24.4 Å². The number of hydrogen-bond acceptors (Lipinski definition) is 2. The molecule has 0 amide bonds. The lowest BCUT2D eigenvalue weighted by Crippen LogP contribution is -2.46. The van der Waals surface area contributed by atoms with E-state index in [0.717, 1.165) is 26.2 Å². The molecule has 0 saturated carbocycles. The van der Waals surface area contributed by atoms with Crippen LogP contribution in [0.4, 0.5) is 0 Å². The van der Waals surface area contributed by atoms with Crippen molar-refractivity contribution in [2.45, 2.75) is 26.8 Å². The summed E-state index contributed by atoms with van der Waals surface area (Å²) in [5, 5.41) is 4.84. The average Bonchev–Trinajstić information content (AvgIpc) is 2.85. The van der Waals surface area contributed by atoms with Crippen LogP contribution in [0.1, 0.15) is 31.0 Å². The first-order chi connectivity index (χ1) is 9.68. The molecule has 3 rings (SSSR count). The Morgan fingerprint density at radius 2 is 1.90 bits per heavy atom. The van der Waals surface area contributed by atoms with E-state index in [2.05, 4.69) is 60.4 Å². The minimum atomic E-state index is 0.507. The largest absolute Gasteiger partial charge is 0.361 e. The Kier molecular flexibility index (Phi) is 3.81. The number of para-hydroxylation sites is 1. The lowest BCUT2D eigenvalue weighted by molar-refractivity contribution is 0.138. The molecule has 1 aliphatic rings. The Labute approximate surface area is 121 Å². The summed E-state index contributed by atoms with van der Waals surface area (Å²) in [6, 6.07) is 7.11. The van der Waals surface area contributed by atoms with Crippen LogP contribution in [0.2, 0.25) is 0 Å². The molecule has 2 heterocycles. The van der Waals surface area contributed by atoms with Crippen molar-refractivity contribution in [3.05, 3.63) is 35.5 Å². The van der Waals surface area contributed by atoms with Gasteiger partial charge in [-0.1, -0.05) is 32.0 Å². The van der Waals surface area contributed by atoms with E-state index in [-0.39, 0.29) is 0 Å². The normalized spacial score (nSPS) is 18.8. The van der Waals surface area contributed by atoms with Crippen molar-refractivity contribution >= 4 is 10.9 Å². The van der Waals surface area contributed by atoms with Crippen LogP contribution >= 0.6 is 0 Å². The summed E-state index contributed by atoms with van der Waals surface area (Å²) >= 11 is 0. The number of fused-ring (bicyclic) bond motifs is 1. The number of rotatable bonds is 3. The van der Waals surface area contributed by atoms with Crippen molar-refractivity contribution in [3.8, 4) is 0 Å². The minimum absolute atomic E-state index is 0.507.